The van der Waals surface area contributed by atoms with E-state index in [0.29, 0.717) is 19.7 Å². The van der Waals surface area contributed by atoms with Crippen LogP contribution in [0.4, 0.5) is 0 Å². The predicted molar refractivity (Wildman–Crippen MR) is 103 cm³/mol. The van der Waals surface area contributed by atoms with E-state index >= 15 is 0 Å². The van der Waals surface area contributed by atoms with Crippen LogP contribution in [0.1, 0.15) is 51.0 Å². The van der Waals surface area contributed by atoms with Crippen LogP contribution in [0, 0.1) is 17.8 Å². The number of hydrogen-bond donors (Lipinski definition) is 0. The van der Waals surface area contributed by atoms with E-state index in [9.17, 15) is 9.59 Å². The third kappa shape index (κ3) is 4.26. The zero-order chi connectivity index (χ0) is 19.5. The van der Waals surface area contributed by atoms with E-state index < -0.39 is 0 Å². The molecule has 2 atom stereocenters. The Balaban J connectivity index is 1.45. The molecule has 28 heavy (non-hydrogen) atoms. The number of carbonyl (C=O) groups excluding carboxylic acids is 2. The molecular formula is C22H29NO5. The molecular weight excluding hydrogens is 358 g/mol. The number of amides is 1. The second-order valence-electron chi connectivity index (χ2n) is 8.10. The molecule has 152 valence electrons. The van der Waals surface area contributed by atoms with Crippen molar-refractivity contribution in [1.29, 1.82) is 0 Å². The minimum atomic E-state index is -0.124. The smallest absolute Gasteiger partial charge is 0.309 e. The topological polar surface area (TPSA) is 65.1 Å². The van der Waals surface area contributed by atoms with Crippen molar-refractivity contribution in [2.24, 2.45) is 17.8 Å². The summed E-state index contributed by atoms with van der Waals surface area (Å²) in [5.74, 6) is 1.85. The van der Waals surface area contributed by atoms with Crippen LogP contribution in [0.25, 0.3) is 0 Å². The molecule has 0 N–H and O–H groups in total. The van der Waals surface area contributed by atoms with Gasteiger partial charge in [-0.2, -0.15) is 0 Å². The van der Waals surface area contributed by atoms with Crippen LogP contribution in [0.15, 0.2) is 18.2 Å². The number of nitrogens with zero attached hydrogens (tertiary/aromatic N) is 1. The van der Waals surface area contributed by atoms with Crippen LogP contribution in [0.2, 0.25) is 0 Å². The predicted octanol–water partition coefficient (Wildman–Crippen LogP) is 3.52. The lowest BCUT2D eigenvalue weighted by Gasteiger charge is -2.29. The zero-order valence-electron chi connectivity index (χ0n) is 16.5. The summed E-state index contributed by atoms with van der Waals surface area (Å²) in [6.07, 6.45) is 6.24. The first kappa shape index (κ1) is 19.1. The average Bonchev–Trinajstić information content (AvgIpc) is 3.33. The van der Waals surface area contributed by atoms with Gasteiger partial charge in [0, 0.05) is 19.0 Å². The largest absolute Gasteiger partial charge is 0.466 e. The van der Waals surface area contributed by atoms with Crippen LogP contribution in [-0.4, -0.2) is 36.7 Å². The van der Waals surface area contributed by atoms with Gasteiger partial charge in [0.1, 0.15) is 0 Å². The lowest BCUT2D eigenvalue weighted by molar-refractivity contribution is -0.145. The molecule has 1 aromatic carbocycles. The van der Waals surface area contributed by atoms with Crippen molar-refractivity contribution in [3.8, 4) is 11.5 Å². The number of esters is 1. The first-order chi connectivity index (χ1) is 13.7. The Morgan fingerprint density at radius 1 is 1.14 bits per heavy atom. The molecule has 0 bridgehead atoms. The molecule has 2 aliphatic carbocycles. The minimum absolute atomic E-state index is 0.0571. The summed E-state index contributed by atoms with van der Waals surface area (Å²) in [4.78, 5) is 27.2. The van der Waals surface area contributed by atoms with Crippen LogP contribution in [0.3, 0.4) is 0 Å². The van der Waals surface area contributed by atoms with Gasteiger partial charge in [0.15, 0.2) is 11.5 Å². The summed E-state index contributed by atoms with van der Waals surface area (Å²) in [6, 6.07) is 5.85. The lowest BCUT2D eigenvalue weighted by Crippen LogP contribution is -2.38. The molecule has 0 aromatic heterocycles. The van der Waals surface area contributed by atoms with Gasteiger partial charge in [0.25, 0.3) is 0 Å². The minimum Gasteiger partial charge on any atom is -0.466 e. The number of hydrogen-bond acceptors (Lipinski definition) is 5. The van der Waals surface area contributed by atoms with Crippen molar-refractivity contribution in [2.45, 2.75) is 52.0 Å². The van der Waals surface area contributed by atoms with Gasteiger partial charge in [-0.25, -0.2) is 0 Å². The molecule has 2 saturated carbocycles. The zero-order valence-corrected chi connectivity index (χ0v) is 16.5. The van der Waals surface area contributed by atoms with E-state index in [0.717, 1.165) is 49.2 Å². The second kappa shape index (κ2) is 8.41. The molecule has 0 saturated heterocycles. The van der Waals surface area contributed by atoms with Gasteiger partial charge in [0.05, 0.1) is 12.5 Å². The summed E-state index contributed by atoms with van der Waals surface area (Å²) >= 11 is 0. The maximum atomic E-state index is 13.3. The SMILES string of the molecule is CCOC(=O)[C@H]1C[C@H]1CN(Cc1ccc2c(c1)OCO2)C(=O)C1CCCCC1. The van der Waals surface area contributed by atoms with Gasteiger partial charge in [-0.1, -0.05) is 25.3 Å². The first-order valence-corrected chi connectivity index (χ1v) is 10.5. The van der Waals surface area contributed by atoms with Gasteiger partial charge in [0.2, 0.25) is 12.7 Å². The van der Waals surface area contributed by atoms with E-state index in [1.807, 2.05) is 30.0 Å². The summed E-state index contributed by atoms with van der Waals surface area (Å²) in [5, 5.41) is 0. The number of carbonyl (C=O) groups is 2. The summed E-state index contributed by atoms with van der Waals surface area (Å²) in [5.41, 5.74) is 1.03. The van der Waals surface area contributed by atoms with Crippen LogP contribution < -0.4 is 9.47 Å². The maximum Gasteiger partial charge on any atom is 0.309 e. The first-order valence-electron chi connectivity index (χ1n) is 10.5. The van der Waals surface area contributed by atoms with E-state index in [1.54, 1.807) is 0 Å². The average molecular weight is 387 g/mol. The fourth-order valence-electron chi connectivity index (χ4n) is 4.37. The third-order valence-corrected chi connectivity index (χ3v) is 6.04. The van der Waals surface area contributed by atoms with E-state index in [-0.39, 0.29) is 36.4 Å². The monoisotopic (exact) mass is 387 g/mol. The van der Waals surface area contributed by atoms with Gasteiger partial charge >= 0.3 is 5.97 Å². The highest BCUT2D eigenvalue weighted by atomic mass is 16.7. The third-order valence-electron chi connectivity index (χ3n) is 6.04. The standard InChI is InChI=1S/C22H29NO5/c1-2-26-22(25)18-11-17(18)13-23(21(24)16-6-4-3-5-7-16)12-15-8-9-19-20(10-15)28-14-27-19/h8-10,16-18H,2-7,11-14H2,1H3/t17-,18-/m0/s1. The van der Waals surface area contributed by atoms with Crippen molar-refractivity contribution in [1.82, 2.24) is 4.90 Å². The summed E-state index contributed by atoms with van der Waals surface area (Å²) in [6.45, 7) is 3.63. The molecule has 0 radical (unpaired) electrons. The number of benzene rings is 1. The number of fused-ring (bicyclic) bond motifs is 1. The Bertz CT molecular complexity index is 728. The van der Waals surface area contributed by atoms with Crippen LogP contribution in [-0.2, 0) is 20.9 Å². The molecule has 6 nitrogen and oxygen atoms in total. The highest BCUT2D eigenvalue weighted by Crippen LogP contribution is 2.41. The fourth-order valence-corrected chi connectivity index (χ4v) is 4.37. The van der Waals surface area contributed by atoms with Crippen molar-refractivity contribution in [2.75, 3.05) is 19.9 Å². The van der Waals surface area contributed by atoms with Crippen molar-refractivity contribution < 1.29 is 23.8 Å². The summed E-state index contributed by atoms with van der Waals surface area (Å²) in [7, 11) is 0. The Morgan fingerprint density at radius 3 is 2.71 bits per heavy atom. The normalized spacial score (nSPS) is 23.3. The molecule has 3 aliphatic rings. The molecule has 0 unspecified atom stereocenters. The highest BCUT2D eigenvalue weighted by molar-refractivity contribution is 5.80. The van der Waals surface area contributed by atoms with Crippen molar-refractivity contribution in [3.63, 3.8) is 0 Å². The van der Waals surface area contributed by atoms with Crippen molar-refractivity contribution in [3.05, 3.63) is 23.8 Å². The van der Waals surface area contributed by atoms with E-state index in [4.69, 9.17) is 14.2 Å². The molecule has 4 rings (SSSR count). The van der Waals surface area contributed by atoms with Gasteiger partial charge < -0.3 is 19.1 Å². The molecule has 2 fully saturated rings. The van der Waals surface area contributed by atoms with E-state index in [2.05, 4.69) is 0 Å². The second-order valence-corrected chi connectivity index (χ2v) is 8.10. The number of rotatable bonds is 7. The molecule has 1 amide bonds. The summed E-state index contributed by atoms with van der Waals surface area (Å²) < 4.78 is 16.0. The highest BCUT2D eigenvalue weighted by Gasteiger charge is 2.45. The molecule has 1 aromatic rings. The fraction of sp³-hybridized carbons (Fsp3) is 0.636. The van der Waals surface area contributed by atoms with E-state index in [1.165, 1.54) is 6.42 Å². The number of ether oxygens (including phenoxy) is 3. The Labute approximate surface area is 166 Å². The molecule has 6 heteroatoms. The van der Waals surface area contributed by atoms with Gasteiger partial charge in [-0.05, 0) is 49.8 Å². The quantitative estimate of drug-likeness (QED) is 0.670. The Kier molecular flexibility index (Phi) is 5.74. The lowest BCUT2D eigenvalue weighted by atomic mass is 9.88. The molecule has 1 heterocycles. The van der Waals surface area contributed by atoms with Crippen LogP contribution >= 0.6 is 0 Å². The van der Waals surface area contributed by atoms with Gasteiger partial charge in [-0.3, -0.25) is 9.59 Å². The molecule has 0 spiro atoms. The molecule has 1 aliphatic heterocycles. The Hall–Kier alpha value is -2.24. The maximum absolute atomic E-state index is 13.3. The van der Waals surface area contributed by atoms with Crippen LogP contribution in [0.5, 0.6) is 11.5 Å². The van der Waals surface area contributed by atoms with Gasteiger partial charge in [-0.15, -0.1) is 0 Å². The van der Waals surface area contributed by atoms with Crippen molar-refractivity contribution >= 4 is 11.9 Å². The Morgan fingerprint density at radius 2 is 1.93 bits per heavy atom.